The summed E-state index contributed by atoms with van der Waals surface area (Å²) in [6.45, 7) is 2.22. The van der Waals surface area contributed by atoms with Crippen LogP contribution in [0.25, 0.3) is 0 Å². The fourth-order valence-corrected chi connectivity index (χ4v) is 4.19. The number of amidine groups is 1. The van der Waals surface area contributed by atoms with Gasteiger partial charge in [0.2, 0.25) is 11.8 Å². The molecule has 8 heteroatoms. The molecule has 2 aromatic carbocycles. The van der Waals surface area contributed by atoms with Gasteiger partial charge < -0.3 is 5.32 Å². The molecular formula is C19H17BrFN3O2S. The molecule has 2 aromatic rings. The lowest BCUT2D eigenvalue weighted by atomic mass is 10.2. The topological polar surface area (TPSA) is 61.8 Å². The van der Waals surface area contributed by atoms with Crippen LogP contribution in [0.3, 0.4) is 0 Å². The Morgan fingerprint density at radius 2 is 1.96 bits per heavy atom. The molecule has 1 aliphatic rings. The number of carbonyl (C=O) groups excluding carboxylic acids is 2. The second kappa shape index (κ2) is 8.67. The lowest BCUT2D eigenvalue weighted by Gasteiger charge is -2.13. The Morgan fingerprint density at radius 3 is 2.67 bits per heavy atom. The zero-order chi connectivity index (χ0) is 19.4. The molecule has 0 radical (unpaired) electrons. The first-order chi connectivity index (χ1) is 13.0. The highest BCUT2D eigenvalue weighted by Crippen LogP contribution is 2.32. The summed E-state index contributed by atoms with van der Waals surface area (Å²) >= 11 is 4.56. The monoisotopic (exact) mass is 449 g/mol. The highest BCUT2D eigenvalue weighted by atomic mass is 79.9. The summed E-state index contributed by atoms with van der Waals surface area (Å²) in [5.41, 5.74) is 0.815. The van der Waals surface area contributed by atoms with E-state index in [1.54, 1.807) is 24.3 Å². The van der Waals surface area contributed by atoms with Gasteiger partial charge in [-0.05, 0) is 47.1 Å². The Kier molecular flexibility index (Phi) is 6.28. The third-order valence-corrected chi connectivity index (χ3v) is 5.79. The second-order valence-corrected chi connectivity index (χ2v) is 7.79. The number of amides is 2. The van der Waals surface area contributed by atoms with Crippen molar-refractivity contribution in [3.63, 3.8) is 0 Å². The Labute approximate surface area is 169 Å². The molecule has 5 nitrogen and oxygen atoms in total. The van der Waals surface area contributed by atoms with E-state index in [0.717, 1.165) is 4.47 Å². The number of anilines is 1. The quantitative estimate of drug-likeness (QED) is 0.726. The maximum atomic E-state index is 13.9. The molecule has 0 bridgehead atoms. The van der Waals surface area contributed by atoms with Gasteiger partial charge in [-0.25, -0.2) is 9.38 Å². The highest BCUT2D eigenvalue weighted by Gasteiger charge is 2.38. The molecule has 0 aliphatic carbocycles. The molecule has 3 rings (SSSR count). The molecule has 0 spiro atoms. The lowest BCUT2D eigenvalue weighted by Crippen LogP contribution is -2.33. The van der Waals surface area contributed by atoms with Crippen molar-refractivity contribution in [3.8, 4) is 0 Å². The number of nitrogens with zero attached hydrogens (tertiary/aromatic N) is 2. The molecule has 1 atom stereocenters. The molecule has 1 heterocycles. The van der Waals surface area contributed by atoms with Gasteiger partial charge in [0, 0.05) is 17.4 Å². The molecule has 1 aliphatic heterocycles. The Bertz CT molecular complexity index is 906. The number of para-hydroxylation sites is 2. The summed E-state index contributed by atoms with van der Waals surface area (Å²) in [6, 6.07) is 13.4. The van der Waals surface area contributed by atoms with E-state index in [2.05, 4.69) is 26.2 Å². The van der Waals surface area contributed by atoms with E-state index in [1.165, 1.54) is 22.7 Å². The number of nitrogens with one attached hydrogen (secondary N) is 1. The van der Waals surface area contributed by atoms with Crippen molar-refractivity contribution in [2.75, 3.05) is 11.9 Å². The standard InChI is InChI=1S/C19H17BrFN3O2S/c1-2-24-18(26)16(11-17(25)22-14-9-5-3-7-12(14)20)27-19(24)23-15-10-6-4-8-13(15)21/h3-10,16H,2,11H2,1H3,(H,22,25). The number of hydrogen-bond acceptors (Lipinski definition) is 4. The van der Waals surface area contributed by atoms with Gasteiger partial charge in [0.05, 0.1) is 5.69 Å². The van der Waals surface area contributed by atoms with Crippen molar-refractivity contribution < 1.29 is 14.0 Å². The van der Waals surface area contributed by atoms with Gasteiger partial charge in [0.25, 0.3) is 0 Å². The highest BCUT2D eigenvalue weighted by molar-refractivity contribution is 9.10. The molecule has 1 fully saturated rings. The number of aliphatic imine (C=N–C) groups is 1. The van der Waals surface area contributed by atoms with Crippen molar-refractivity contribution in [3.05, 3.63) is 58.8 Å². The maximum absolute atomic E-state index is 13.9. The van der Waals surface area contributed by atoms with E-state index in [-0.39, 0.29) is 23.9 Å². The molecular weight excluding hydrogens is 433 g/mol. The summed E-state index contributed by atoms with van der Waals surface area (Å²) in [5, 5.41) is 2.62. The van der Waals surface area contributed by atoms with Crippen LogP contribution in [0.2, 0.25) is 0 Å². The zero-order valence-corrected chi connectivity index (χ0v) is 16.9. The van der Waals surface area contributed by atoms with Crippen LogP contribution in [-0.2, 0) is 9.59 Å². The van der Waals surface area contributed by atoms with E-state index < -0.39 is 11.1 Å². The number of rotatable bonds is 5. The van der Waals surface area contributed by atoms with Crippen molar-refractivity contribution in [1.82, 2.24) is 4.90 Å². The largest absolute Gasteiger partial charge is 0.325 e. The van der Waals surface area contributed by atoms with Crippen LogP contribution in [0, 0.1) is 5.82 Å². The maximum Gasteiger partial charge on any atom is 0.242 e. The lowest BCUT2D eigenvalue weighted by molar-refractivity contribution is -0.128. The van der Waals surface area contributed by atoms with Crippen LogP contribution in [0.4, 0.5) is 15.8 Å². The van der Waals surface area contributed by atoms with Crippen LogP contribution in [0.1, 0.15) is 13.3 Å². The first-order valence-electron chi connectivity index (χ1n) is 8.35. The second-order valence-electron chi connectivity index (χ2n) is 5.77. The van der Waals surface area contributed by atoms with Gasteiger partial charge in [0.1, 0.15) is 16.8 Å². The number of thioether (sulfide) groups is 1. The van der Waals surface area contributed by atoms with Gasteiger partial charge in [-0.2, -0.15) is 0 Å². The van der Waals surface area contributed by atoms with Crippen molar-refractivity contribution in [2.45, 2.75) is 18.6 Å². The molecule has 1 N–H and O–H groups in total. The molecule has 1 unspecified atom stereocenters. The summed E-state index contributed by atoms with van der Waals surface area (Å²) in [6.07, 6.45) is 0.0115. The minimum Gasteiger partial charge on any atom is -0.325 e. The third-order valence-electron chi connectivity index (χ3n) is 3.92. The fourth-order valence-electron chi connectivity index (χ4n) is 2.59. The minimum absolute atomic E-state index is 0.0115. The summed E-state index contributed by atoms with van der Waals surface area (Å²) in [4.78, 5) is 30.7. The molecule has 0 saturated carbocycles. The number of hydrogen-bond donors (Lipinski definition) is 1. The van der Waals surface area contributed by atoms with Crippen LogP contribution in [0.15, 0.2) is 58.0 Å². The Hall–Kier alpha value is -2.19. The van der Waals surface area contributed by atoms with Crippen LogP contribution in [0.5, 0.6) is 0 Å². The number of carbonyl (C=O) groups is 2. The number of halogens is 2. The average Bonchev–Trinajstić information content (AvgIpc) is 2.93. The van der Waals surface area contributed by atoms with Gasteiger partial charge in [-0.15, -0.1) is 0 Å². The zero-order valence-electron chi connectivity index (χ0n) is 14.5. The van der Waals surface area contributed by atoms with Gasteiger partial charge >= 0.3 is 0 Å². The molecule has 140 valence electrons. The first kappa shape index (κ1) is 19.6. The van der Waals surface area contributed by atoms with Crippen molar-refractivity contribution in [2.24, 2.45) is 4.99 Å². The predicted molar refractivity (Wildman–Crippen MR) is 110 cm³/mol. The molecule has 0 aromatic heterocycles. The normalized spacial score (nSPS) is 18.2. The SMILES string of the molecule is CCN1C(=O)C(CC(=O)Nc2ccccc2Br)SC1=Nc1ccccc1F. The predicted octanol–water partition coefficient (Wildman–Crippen LogP) is 4.57. The molecule has 2 amide bonds. The van der Waals surface area contributed by atoms with Crippen molar-refractivity contribution in [1.29, 1.82) is 0 Å². The van der Waals surface area contributed by atoms with E-state index in [4.69, 9.17) is 0 Å². The van der Waals surface area contributed by atoms with E-state index >= 15 is 0 Å². The molecule has 27 heavy (non-hydrogen) atoms. The Morgan fingerprint density at radius 1 is 1.26 bits per heavy atom. The van der Waals surface area contributed by atoms with Crippen LogP contribution >= 0.6 is 27.7 Å². The van der Waals surface area contributed by atoms with Gasteiger partial charge in [-0.3, -0.25) is 14.5 Å². The minimum atomic E-state index is -0.585. The van der Waals surface area contributed by atoms with Crippen molar-refractivity contribution >= 4 is 56.0 Å². The third kappa shape index (κ3) is 4.56. The fraction of sp³-hybridized carbons (Fsp3) is 0.211. The summed E-state index contributed by atoms with van der Waals surface area (Å²) < 4.78 is 14.6. The summed E-state index contributed by atoms with van der Waals surface area (Å²) in [5.74, 6) is -0.917. The summed E-state index contributed by atoms with van der Waals surface area (Å²) in [7, 11) is 0. The van der Waals surface area contributed by atoms with Gasteiger partial charge in [0.15, 0.2) is 5.17 Å². The van der Waals surface area contributed by atoms with Crippen LogP contribution < -0.4 is 5.32 Å². The number of benzene rings is 2. The Balaban J connectivity index is 1.74. The smallest absolute Gasteiger partial charge is 0.242 e. The van der Waals surface area contributed by atoms with E-state index in [0.29, 0.717) is 17.4 Å². The van der Waals surface area contributed by atoms with E-state index in [1.807, 2.05) is 25.1 Å². The van der Waals surface area contributed by atoms with Crippen LogP contribution in [-0.4, -0.2) is 33.7 Å². The first-order valence-corrected chi connectivity index (χ1v) is 10.0. The molecule has 1 saturated heterocycles. The average molecular weight is 450 g/mol. The van der Waals surface area contributed by atoms with Gasteiger partial charge in [-0.1, -0.05) is 36.0 Å². The van der Waals surface area contributed by atoms with E-state index in [9.17, 15) is 14.0 Å².